The maximum absolute atomic E-state index is 13.1. The first kappa shape index (κ1) is 26.2. The third kappa shape index (κ3) is 6.09. The standard InChI is InChI=1S/C25H18F3NO6S2/c26-25(27,28)15-4-3-5-17(12-15)35-16-8-10-18(11-9-16)37(33,34)29-21-13-22(36-14-23(30)31)24(32)20-7-2-1-6-19(20)21/h1-13,29,32H,14H2,(H,30,31). The Morgan fingerprint density at radius 1 is 0.919 bits per heavy atom. The number of benzene rings is 4. The van der Waals surface area contributed by atoms with Crippen LogP contribution in [0, 0.1) is 0 Å². The average molecular weight is 550 g/mol. The van der Waals surface area contributed by atoms with E-state index >= 15 is 0 Å². The Balaban J connectivity index is 1.60. The summed E-state index contributed by atoms with van der Waals surface area (Å²) in [6.07, 6.45) is -4.53. The molecule has 0 saturated heterocycles. The van der Waals surface area contributed by atoms with Crippen LogP contribution in [-0.2, 0) is 21.0 Å². The van der Waals surface area contributed by atoms with Crippen LogP contribution >= 0.6 is 11.8 Å². The fraction of sp³-hybridized carbons (Fsp3) is 0.0800. The highest BCUT2D eigenvalue weighted by Crippen LogP contribution is 2.40. The van der Waals surface area contributed by atoms with Crippen molar-refractivity contribution in [1.29, 1.82) is 0 Å². The van der Waals surface area contributed by atoms with Gasteiger partial charge in [0.25, 0.3) is 10.0 Å². The Morgan fingerprint density at radius 2 is 1.59 bits per heavy atom. The second-order valence-electron chi connectivity index (χ2n) is 7.70. The van der Waals surface area contributed by atoms with Crippen molar-refractivity contribution in [1.82, 2.24) is 0 Å². The van der Waals surface area contributed by atoms with Crippen molar-refractivity contribution in [2.45, 2.75) is 16.0 Å². The number of carbonyl (C=O) groups is 1. The van der Waals surface area contributed by atoms with Gasteiger partial charge in [0.05, 0.1) is 26.8 Å². The molecule has 12 heteroatoms. The topological polar surface area (TPSA) is 113 Å². The molecule has 4 aromatic carbocycles. The molecule has 0 aromatic heterocycles. The van der Waals surface area contributed by atoms with Gasteiger partial charge in [-0.15, -0.1) is 11.8 Å². The van der Waals surface area contributed by atoms with Crippen molar-refractivity contribution in [3.05, 3.63) is 84.4 Å². The van der Waals surface area contributed by atoms with Crippen molar-refractivity contribution in [3.8, 4) is 17.2 Å². The molecule has 37 heavy (non-hydrogen) atoms. The number of anilines is 1. The molecule has 0 spiro atoms. The number of phenols is 1. The molecule has 0 bridgehead atoms. The largest absolute Gasteiger partial charge is 0.506 e. The molecule has 0 aliphatic heterocycles. The van der Waals surface area contributed by atoms with E-state index in [4.69, 9.17) is 9.84 Å². The maximum atomic E-state index is 13.1. The van der Waals surface area contributed by atoms with Crippen molar-refractivity contribution in [2.75, 3.05) is 10.5 Å². The molecular formula is C25H18F3NO6S2. The monoisotopic (exact) mass is 549 g/mol. The molecule has 0 amide bonds. The van der Waals surface area contributed by atoms with Gasteiger partial charge in [-0.25, -0.2) is 8.42 Å². The maximum Gasteiger partial charge on any atom is 0.416 e. The summed E-state index contributed by atoms with van der Waals surface area (Å²) in [5.74, 6) is -1.55. The quantitative estimate of drug-likeness (QED) is 0.174. The molecule has 4 rings (SSSR count). The second-order valence-corrected chi connectivity index (χ2v) is 10.4. The molecular weight excluding hydrogens is 531 g/mol. The van der Waals surface area contributed by atoms with Gasteiger partial charge in [-0.05, 0) is 48.5 Å². The number of rotatable bonds is 8. The molecule has 0 radical (unpaired) electrons. The molecule has 3 N–H and O–H groups in total. The Kier molecular flexibility index (Phi) is 7.23. The Morgan fingerprint density at radius 3 is 2.24 bits per heavy atom. The van der Waals surface area contributed by atoms with Gasteiger partial charge < -0.3 is 14.9 Å². The van der Waals surface area contributed by atoms with Gasteiger partial charge in [-0.1, -0.05) is 30.3 Å². The van der Waals surface area contributed by atoms with Crippen LogP contribution in [0.5, 0.6) is 17.2 Å². The number of hydrogen-bond acceptors (Lipinski definition) is 6. The molecule has 0 unspecified atom stereocenters. The van der Waals surface area contributed by atoms with Gasteiger partial charge in [0, 0.05) is 10.8 Å². The number of carboxylic acid groups (broad SMARTS) is 1. The lowest BCUT2D eigenvalue weighted by atomic mass is 10.1. The molecule has 0 heterocycles. The number of nitrogens with one attached hydrogen (secondary N) is 1. The molecule has 4 aromatic rings. The van der Waals surface area contributed by atoms with Crippen LogP contribution < -0.4 is 9.46 Å². The number of halogens is 3. The zero-order valence-electron chi connectivity index (χ0n) is 18.7. The lowest BCUT2D eigenvalue weighted by Crippen LogP contribution is -2.13. The Labute approximate surface area is 213 Å². The van der Waals surface area contributed by atoms with Crippen LogP contribution in [-0.4, -0.2) is 30.4 Å². The summed E-state index contributed by atoms with van der Waals surface area (Å²) in [6, 6.07) is 17.2. The molecule has 192 valence electrons. The summed E-state index contributed by atoms with van der Waals surface area (Å²) in [7, 11) is -4.14. The highest BCUT2D eigenvalue weighted by atomic mass is 32.2. The van der Waals surface area contributed by atoms with Gasteiger partial charge in [0.1, 0.15) is 17.2 Å². The molecule has 0 fully saturated rings. The zero-order valence-corrected chi connectivity index (χ0v) is 20.3. The number of hydrogen-bond donors (Lipinski definition) is 3. The number of aromatic hydroxyl groups is 1. The van der Waals surface area contributed by atoms with Crippen LogP contribution in [0.3, 0.4) is 0 Å². The van der Waals surface area contributed by atoms with Gasteiger partial charge >= 0.3 is 12.1 Å². The summed E-state index contributed by atoms with van der Waals surface area (Å²) < 4.78 is 72.9. The van der Waals surface area contributed by atoms with Crippen molar-refractivity contribution in [3.63, 3.8) is 0 Å². The third-order valence-corrected chi connectivity index (χ3v) is 7.50. The average Bonchev–Trinajstić information content (AvgIpc) is 2.85. The summed E-state index contributed by atoms with van der Waals surface area (Å²) in [6.45, 7) is 0. The lowest BCUT2D eigenvalue weighted by Gasteiger charge is -2.15. The predicted octanol–water partition coefficient (Wildman–Crippen LogP) is 6.33. The number of thioether (sulfide) groups is 1. The second kappa shape index (κ2) is 10.2. The van der Waals surface area contributed by atoms with Crippen LogP contribution in [0.1, 0.15) is 5.56 Å². The molecule has 0 saturated carbocycles. The number of aliphatic carboxylic acids is 1. The summed E-state index contributed by atoms with van der Waals surface area (Å²) in [5.41, 5.74) is -0.749. The molecule has 0 aliphatic rings. The zero-order chi connectivity index (χ0) is 26.8. The van der Waals surface area contributed by atoms with Gasteiger partial charge in [0.2, 0.25) is 0 Å². The summed E-state index contributed by atoms with van der Waals surface area (Å²) in [5, 5.41) is 20.3. The first-order valence-corrected chi connectivity index (χ1v) is 13.0. The highest BCUT2D eigenvalue weighted by Gasteiger charge is 2.30. The normalized spacial score (nSPS) is 11.9. The van der Waals surface area contributed by atoms with Crippen molar-refractivity contribution < 1.29 is 41.3 Å². The van der Waals surface area contributed by atoms with E-state index in [0.29, 0.717) is 10.8 Å². The minimum atomic E-state index is -4.53. The van der Waals surface area contributed by atoms with Crippen LogP contribution in [0.2, 0.25) is 0 Å². The number of sulfonamides is 1. The van der Waals surface area contributed by atoms with E-state index in [1.807, 2.05) is 0 Å². The minimum Gasteiger partial charge on any atom is -0.506 e. The Hall–Kier alpha value is -3.90. The Bertz CT molecular complexity index is 1570. The van der Waals surface area contributed by atoms with E-state index in [1.165, 1.54) is 42.5 Å². The fourth-order valence-corrected chi connectivity index (χ4v) is 5.23. The van der Waals surface area contributed by atoms with Crippen LogP contribution in [0.15, 0.2) is 88.7 Å². The first-order chi connectivity index (χ1) is 17.4. The summed E-state index contributed by atoms with van der Waals surface area (Å²) >= 11 is 0.840. The summed E-state index contributed by atoms with van der Waals surface area (Å²) in [4.78, 5) is 11.0. The van der Waals surface area contributed by atoms with Gasteiger partial charge in [0.15, 0.2) is 0 Å². The van der Waals surface area contributed by atoms with Crippen molar-refractivity contribution >= 4 is 44.2 Å². The van der Waals surface area contributed by atoms with E-state index in [2.05, 4.69) is 4.72 Å². The highest BCUT2D eigenvalue weighted by molar-refractivity contribution is 8.00. The molecule has 7 nitrogen and oxygen atoms in total. The van der Waals surface area contributed by atoms with Crippen LogP contribution in [0.25, 0.3) is 10.8 Å². The van der Waals surface area contributed by atoms with Gasteiger partial charge in [-0.3, -0.25) is 9.52 Å². The number of alkyl halides is 3. The van der Waals surface area contributed by atoms with Crippen molar-refractivity contribution in [2.24, 2.45) is 0 Å². The van der Waals surface area contributed by atoms with E-state index in [9.17, 15) is 31.5 Å². The molecule has 0 aliphatic carbocycles. The van der Waals surface area contributed by atoms with E-state index < -0.39 is 27.7 Å². The van der Waals surface area contributed by atoms with E-state index in [0.717, 1.165) is 23.9 Å². The number of ether oxygens (including phenoxy) is 1. The first-order valence-electron chi connectivity index (χ1n) is 10.5. The lowest BCUT2D eigenvalue weighted by molar-refractivity contribution is -0.137. The molecule has 0 atom stereocenters. The van der Waals surface area contributed by atoms with Crippen LogP contribution in [0.4, 0.5) is 18.9 Å². The van der Waals surface area contributed by atoms with E-state index in [1.54, 1.807) is 24.3 Å². The van der Waals surface area contributed by atoms with Gasteiger partial charge in [-0.2, -0.15) is 13.2 Å². The minimum absolute atomic E-state index is 0.0643. The predicted molar refractivity (Wildman–Crippen MR) is 133 cm³/mol. The number of fused-ring (bicyclic) bond motifs is 1. The SMILES string of the molecule is O=C(O)CSc1cc(NS(=O)(=O)c2ccc(Oc3cccc(C(F)(F)F)c3)cc2)c2ccccc2c1O. The number of carboxylic acids is 1. The smallest absolute Gasteiger partial charge is 0.416 e. The fourth-order valence-electron chi connectivity index (χ4n) is 3.43. The number of phenolic OH excluding ortho intramolecular Hbond substituents is 1. The van der Waals surface area contributed by atoms with E-state index in [-0.39, 0.29) is 38.5 Å². The third-order valence-electron chi connectivity index (χ3n) is 5.11.